The number of urea groups is 1. The lowest BCUT2D eigenvalue weighted by Crippen LogP contribution is -2.62. The van der Waals surface area contributed by atoms with Gasteiger partial charge in [-0.05, 0) is 52.7 Å². The molecule has 1 saturated heterocycles. The van der Waals surface area contributed by atoms with E-state index < -0.39 is 5.82 Å². The van der Waals surface area contributed by atoms with Crippen molar-refractivity contribution in [3.05, 3.63) is 30.1 Å². The molecule has 0 unspecified atom stereocenters. The largest absolute Gasteiger partial charge is 0.335 e. The van der Waals surface area contributed by atoms with Crippen LogP contribution >= 0.6 is 0 Å². The summed E-state index contributed by atoms with van der Waals surface area (Å²) in [5.41, 5.74) is 0.109. The first-order valence-corrected chi connectivity index (χ1v) is 7.28. The molecule has 4 nitrogen and oxygen atoms in total. The molecule has 0 aromatic heterocycles. The predicted molar refractivity (Wildman–Crippen MR) is 82.9 cm³/mol. The lowest BCUT2D eigenvalue weighted by molar-refractivity contribution is 0.149. The number of benzene rings is 1. The van der Waals surface area contributed by atoms with Crippen molar-refractivity contribution in [2.24, 2.45) is 0 Å². The Morgan fingerprint density at radius 1 is 1.19 bits per heavy atom. The van der Waals surface area contributed by atoms with E-state index in [0.717, 1.165) is 12.8 Å². The number of rotatable bonds is 2. The van der Waals surface area contributed by atoms with Crippen molar-refractivity contribution in [3.63, 3.8) is 0 Å². The third-order valence-corrected chi connectivity index (χ3v) is 3.65. The molecule has 1 aliphatic heterocycles. The third kappa shape index (κ3) is 4.43. The summed E-state index contributed by atoms with van der Waals surface area (Å²) in [5, 5.41) is 9.08. The van der Waals surface area contributed by atoms with E-state index >= 15 is 0 Å². The highest BCUT2D eigenvalue weighted by atomic mass is 19.1. The van der Waals surface area contributed by atoms with Crippen LogP contribution in [0.25, 0.3) is 0 Å². The van der Waals surface area contributed by atoms with Gasteiger partial charge >= 0.3 is 6.03 Å². The van der Waals surface area contributed by atoms with Gasteiger partial charge < -0.3 is 16.0 Å². The van der Waals surface area contributed by atoms with Gasteiger partial charge in [0.05, 0.1) is 5.69 Å². The number of halogens is 1. The molecule has 1 fully saturated rings. The second kappa shape index (κ2) is 5.64. The summed E-state index contributed by atoms with van der Waals surface area (Å²) in [6.45, 7) is 8.49. The first kappa shape index (κ1) is 15.8. The van der Waals surface area contributed by atoms with Crippen molar-refractivity contribution in [3.8, 4) is 0 Å². The number of hydrogen-bond acceptors (Lipinski definition) is 2. The van der Waals surface area contributed by atoms with Crippen LogP contribution in [0.5, 0.6) is 0 Å². The Balaban J connectivity index is 1.98. The van der Waals surface area contributed by atoms with E-state index in [9.17, 15) is 9.18 Å². The molecule has 1 aromatic rings. The van der Waals surface area contributed by atoms with Crippen molar-refractivity contribution >= 4 is 11.7 Å². The zero-order valence-corrected chi connectivity index (χ0v) is 13.1. The molecule has 0 saturated carbocycles. The van der Waals surface area contributed by atoms with Gasteiger partial charge in [-0.15, -0.1) is 0 Å². The Hall–Kier alpha value is -1.62. The quantitative estimate of drug-likeness (QED) is 0.784. The van der Waals surface area contributed by atoms with E-state index in [-0.39, 0.29) is 28.8 Å². The Morgan fingerprint density at radius 2 is 1.76 bits per heavy atom. The van der Waals surface area contributed by atoms with E-state index in [1.807, 2.05) is 0 Å². The fraction of sp³-hybridized carbons (Fsp3) is 0.562. The van der Waals surface area contributed by atoms with Crippen molar-refractivity contribution in [2.75, 3.05) is 5.32 Å². The zero-order valence-electron chi connectivity index (χ0n) is 13.1. The van der Waals surface area contributed by atoms with Crippen molar-refractivity contribution in [2.45, 2.75) is 57.7 Å². The smallest absolute Gasteiger partial charge is 0.319 e. The van der Waals surface area contributed by atoms with Gasteiger partial charge in [0.25, 0.3) is 0 Å². The molecule has 3 N–H and O–H groups in total. The molecule has 116 valence electrons. The molecule has 2 amide bonds. The van der Waals surface area contributed by atoms with Gasteiger partial charge in [-0.3, -0.25) is 0 Å². The predicted octanol–water partition coefficient (Wildman–Crippen LogP) is 3.26. The molecule has 21 heavy (non-hydrogen) atoms. The average molecular weight is 293 g/mol. The van der Waals surface area contributed by atoms with Crippen LogP contribution < -0.4 is 16.0 Å². The van der Waals surface area contributed by atoms with E-state index in [1.54, 1.807) is 18.2 Å². The van der Waals surface area contributed by atoms with Crippen LogP contribution in [-0.4, -0.2) is 23.2 Å². The second-order valence-corrected chi connectivity index (χ2v) is 7.08. The van der Waals surface area contributed by atoms with Crippen molar-refractivity contribution in [1.82, 2.24) is 10.6 Å². The van der Waals surface area contributed by atoms with Gasteiger partial charge in [-0.2, -0.15) is 0 Å². The van der Waals surface area contributed by atoms with Crippen LogP contribution in [0.4, 0.5) is 14.9 Å². The van der Waals surface area contributed by atoms with Crippen LogP contribution in [0, 0.1) is 5.82 Å². The van der Waals surface area contributed by atoms with Crippen molar-refractivity contribution in [1.29, 1.82) is 0 Å². The summed E-state index contributed by atoms with van der Waals surface area (Å²) in [5.74, 6) is -0.432. The van der Waals surface area contributed by atoms with Gasteiger partial charge in [-0.25, -0.2) is 9.18 Å². The summed E-state index contributed by atoms with van der Waals surface area (Å²) in [6, 6.07) is 5.85. The average Bonchev–Trinajstić information content (AvgIpc) is 2.27. The van der Waals surface area contributed by atoms with Gasteiger partial charge in [-0.1, -0.05) is 12.1 Å². The SMILES string of the molecule is CC1(C)CC(NC(=O)Nc2ccccc2F)CC(C)(C)N1. The first-order valence-electron chi connectivity index (χ1n) is 7.28. The highest BCUT2D eigenvalue weighted by molar-refractivity contribution is 5.89. The van der Waals surface area contributed by atoms with Crippen LogP contribution in [0.15, 0.2) is 24.3 Å². The lowest BCUT2D eigenvalue weighted by Gasteiger charge is -2.46. The fourth-order valence-electron chi connectivity index (χ4n) is 3.33. The van der Waals surface area contributed by atoms with Gasteiger partial charge in [0.2, 0.25) is 0 Å². The van der Waals surface area contributed by atoms with E-state index in [2.05, 4.69) is 43.6 Å². The number of piperidine rings is 1. The van der Waals surface area contributed by atoms with E-state index in [0.29, 0.717) is 0 Å². The topological polar surface area (TPSA) is 53.2 Å². The molecular weight excluding hydrogens is 269 g/mol. The number of amides is 2. The van der Waals surface area contributed by atoms with E-state index in [1.165, 1.54) is 6.07 Å². The molecule has 0 aliphatic carbocycles. The third-order valence-electron chi connectivity index (χ3n) is 3.65. The van der Waals surface area contributed by atoms with Crippen LogP contribution in [0.3, 0.4) is 0 Å². The number of carbonyl (C=O) groups excluding carboxylic acids is 1. The highest BCUT2D eigenvalue weighted by Crippen LogP contribution is 2.28. The minimum atomic E-state index is -0.432. The summed E-state index contributed by atoms with van der Waals surface area (Å²) in [6.07, 6.45) is 1.67. The number of para-hydroxylation sites is 1. The van der Waals surface area contributed by atoms with Gasteiger partial charge in [0.1, 0.15) is 5.82 Å². The van der Waals surface area contributed by atoms with Gasteiger partial charge in [0.15, 0.2) is 0 Å². The maximum atomic E-state index is 13.5. The molecule has 1 aliphatic rings. The number of nitrogens with one attached hydrogen (secondary N) is 3. The number of hydrogen-bond donors (Lipinski definition) is 3. The zero-order chi connectivity index (χ0) is 15.7. The Labute approximate surface area is 125 Å². The van der Waals surface area contributed by atoms with Crippen LogP contribution in [-0.2, 0) is 0 Å². The van der Waals surface area contributed by atoms with Crippen LogP contribution in [0.1, 0.15) is 40.5 Å². The molecular formula is C16H24FN3O. The lowest BCUT2D eigenvalue weighted by atomic mass is 9.80. The standard InChI is InChI=1S/C16H24FN3O/c1-15(2)9-11(10-16(3,4)20-15)18-14(21)19-13-8-6-5-7-12(13)17/h5-8,11,20H,9-10H2,1-4H3,(H2,18,19,21). The molecule has 1 aromatic carbocycles. The maximum Gasteiger partial charge on any atom is 0.319 e. The van der Waals surface area contributed by atoms with Gasteiger partial charge in [0, 0.05) is 17.1 Å². The molecule has 0 radical (unpaired) electrons. The van der Waals surface area contributed by atoms with Crippen molar-refractivity contribution < 1.29 is 9.18 Å². The molecule has 1 heterocycles. The molecule has 0 atom stereocenters. The van der Waals surface area contributed by atoms with E-state index in [4.69, 9.17) is 0 Å². The number of carbonyl (C=O) groups is 1. The molecule has 0 spiro atoms. The van der Waals surface area contributed by atoms with Crippen LogP contribution in [0.2, 0.25) is 0 Å². The normalized spacial score (nSPS) is 20.8. The Kier molecular flexibility index (Phi) is 4.23. The first-order chi connectivity index (χ1) is 9.67. The highest BCUT2D eigenvalue weighted by Gasteiger charge is 2.38. The second-order valence-electron chi connectivity index (χ2n) is 7.08. The summed E-state index contributed by atoms with van der Waals surface area (Å²) < 4.78 is 13.5. The molecule has 0 bridgehead atoms. The summed E-state index contributed by atoms with van der Waals surface area (Å²) >= 11 is 0. The summed E-state index contributed by atoms with van der Waals surface area (Å²) in [4.78, 5) is 12.0. The minimum Gasteiger partial charge on any atom is -0.335 e. The monoisotopic (exact) mass is 293 g/mol. The Morgan fingerprint density at radius 3 is 2.33 bits per heavy atom. The Bertz CT molecular complexity index is 512. The summed E-state index contributed by atoms with van der Waals surface area (Å²) in [7, 11) is 0. The maximum absolute atomic E-state index is 13.5. The minimum absolute atomic E-state index is 0.0440. The molecule has 2 rings (SSSR count). The number of anilines is 1. The molecule has 5 heteroatoms. The fourth-order valence-corrected chi connectivity index (χ4v) is 3.33.